The highest BCUT2D eigenvalue weighted by atomic mass is 35.5. The van der Waals surface area contributed by atoms with Crippen LogP contribution in [0.25, 0.3) is 0 Å². The Morgan fingerprint density at radius 2 is 2.05 bits per heavy atom. The molecule has 19 heavy (non-hydrogen) atoms. The number of hydrogen-bond acceptors (Lipinski definition) is 4. The zero-order valence-electron chi connectivity index (χ0n) is 10.7. The Morgan fingerprint density at radius 3 is 2.89 bits per heavy atom. The van der Waals surface area contributed by atoms with Gasteiger partial charge in [0, 0.05) is 16.1 Å². The molecule has 0 aromatic carbocycles. The first kappa shape index (κ1) is 12.9. The number of anilines is 1. The van der Waals surface area contributed by atoms with E-state index in [1.807, 2.05) is 6.07 Å². The summed E-state index contributed by atoms with van der Waals surface area (Å²) < 4.78 is 0.832. The minimum Gasteiger partial charge on any atom is -0.365 e. The Labute approximate surface area is 122 Å². The molecule has 0 fully saturated rings. The van der Waals surface area contributed by atoms with Crippen LogP contribution >= 0.6 is 22.9 Å². The average molecular weight is 294 g/mol. The van der Waals surface area contributed by atoms with Gasteiger partial charge in [0.25, 0.3) is 0 Å². The first-order valence-corrected chi connectivity index (χ1v) is 7.83. The van der Waals surface area contributed by atoms with Gasteiger partial charge in [-0.15, -0.1) is 11.3 Å². The molecule has 3 rings (SSSR count). The van der Waals surface area contributed by atoms with E-state index in [0.29, 0.717) is 0 Å². The molecule has 2 heterocycles. The molecule has 0 amide bonds. The monoisotopic (exact) mass is 293 g/mol. The maximum atomic E-state index is 5.94. The number of nitrogens with zero attached hydrogens (tertiary/aromatic N) is 2. The first-order chi connectivity index (χ1) is 9.33. The molecular weight excluding hydrogens is 278 g/mol. The SMILES string of the molecule is Clc1ccc(CNc2ncnc3c2CCCCC3)s1. The quantitative estimate of drug-likeness (QED) is 0.867. The highest BCUT2D eigenvalue weighted by Crippen LogP contribution is 2.26. The summed E-state index contributed by atoms with van der Waals surface area (Å²) in [5.74, 6) is 0.997. The number of aryl methyl sites for hydroxylation is 1. The Balaban J connectivity index is 1.77. The number of thiophene rings is 1. The Morgan fingerprint density at radius 1 is 1.16 bits per heavy atom. The lowest BCUT2D eigenvalue weighted by Gasteiger charge is -2.11. The van der Waals surface area contributed by atoms with E-state index in [-0.39, 0.29) is 0 Å². The minimum atomic E-state index is 0.779. The molecule has 0 bridgehead atoms. The van der Waals surface area contributed by atoms with Crippen LogP contribution in [0.4, 0.5) is 5.82 Å². The van der Waals surface area contributed by atoms with Gasteiger partial charge in [0.15, 0.2) is 0 Å². The van der Waals surface area contributed by atoms with Gasteiger partial charge in [0.1, 0.15) is 12.1 Å². The average Bonchev–Trinajstić information content (AvgIpc) is 2.69. The molecule has 1 aliphatic rings. The number of nitrogens with one attached hydrogen (secondary N) is 1. The summed E-state index contributed by atoms with van der Waals surface area (Å²) in [6, 6.07) is 3.99. The van der Waals surface area contributed by atoms with Crippen molar-refractivity contribution in [2.45, 2.75) is 38.6 Å². The molecule has 0 aliphatic heterocycles. The highest BCUT2D eigenvalue weighted by Gasteiger charge is 2.14. The molecule has 100 valence electrons. The molecule has 0 unspecified atom stereocenters. The van der Waals surface area contributed by atoms with Crippen LogP contribution in [0.1, 0.15) is 35.4 Å². The van der Waals surface area contributed by atoms with Gasteiger partial charge < -0.3 is 5.32 Å². The summed E-state index contributed by atoms with van der Waals surface area (Å²) in [5.41, 5.74) is 2.53. The van der Waals surface area contributed by atoms with Gasteiger partial charge in [0.2, 0.25) is 0 Å². The van der Waals surface area contributed by atoms with Crippen LogP contribution < -0.4 is 5.32 Å². The van der Waals surface area contributed by atoms with Crippen molar-refractivity contribution in [1.29, 1.82) is 0 Å². The van der Waals surface area contributed by atoms with Crippen LogP contribution in [0, 0.1) is 0 Å². The van der Waals surface area contributed by atoms with Crippen LogP contribution in [0.15, 0.2) is 18.5 Å². The first-order valence-electron chi connectivity index (χ1n) is 6.64. The van der Waals surface area contributed by atoms with Gasteiger partial charge in [-0.1, -0.05) is 18.0 Å². The van der Waals surface area contributed by atoms with E-state index in [2.05, 4.69) is 21.4 Å². The number of hydrogen-bond donors (Lipinski definition) is 1. The van der Waals surface area contributed by atoms with E-state index in [4.69, 9.17) is 11.6 Å². The van der Waals surface area contributed by atoms with Crippen molar-refractivity contribution in [3.05, 3.63) is 38.9 Å². The second-order valence-corrected chi connectivity index (χ2v) is 6.57. The number of aromatic nitrogens is 2. The number of fused-ring (bicyclic) bond motifs is 1. The van der Waals surface area contributed by atoms with Crippen molar-refractivity contribution in [2.75, 3.05) is 5.32 Å². The summed E-state index contributed by atoms with van der Waals surface area (Å²) in [4.78, 5) is 10.1. The Kier molecular flexibility index (Phi) is 3.99. The molecule has 0 spiro atoms. The van der Waals surface area contributed by atoms with Crippen molar-refractivity contribution in [3.8, 4) is 0 Å². The van der Waals surface area contributed by atoms with Crippen LogP contribution in [-0.4, -0.2) is 9.97 Å². The van der Waals surface area contributed by atoms with Gasteiger partial charge in [-0.25, -0.2) is 9.97 Å². The third kappa shape index (κ3) is 3.07. The standard InChI is InChI=1S/C14H16ClN3S/c15-13-7-6-10(19-13)8-16-14-11-4-2-1-3-5-12(11)17-9-18-14/h6-7,9H,1-5,8H2,(H,16,17,18). The molecule has 5 heteroatoms. The molecule has 3 nitrogen and oxygen atoms in total. The summed E-state index contributed by atoms with van der Waals surface area (Å²) >= 11 is 7.55. The molecule has 0 atom stereocenters. The second-order valence-electron chi connectivity index (χ2n) is 4.77. The molecule has 0 saturated carbocycles. The van der Waals surface area contributed by atoms with Crippen LogP contribution in [0.3, 0.4) is 0 Å². The second kappa shape index (κ2) is 5.88. The number of rotatable bonds is 3. The Hall–Kier alpha value is -1.13. The zero-order chi connectivity index (χ0) is 13.1. The maximum Gasteiger partial charge on any atom is 0.133 e. The minimum absolute atomic E-state index is 0.779. The number of halogens is 1. The van der Waals surface area contributed by atoms with Gasteiger partial charge in [-0.3, -0.25) is 0 Å². The zero-order valence-corrected chi connectivity index (χ0v) is 12.2. The van der Waals surface area contributed by atoms with Crippen LogP contribution in [0.2, 0.25) is 4.34 Å². The van der Waals surface area contributed by atoms with E-state index in [9.17, 15) is 0 Å². The summed E-state index contributed by atoms with van der Waals surface area (Å²) in [6.45, 7) is 0.779. The van der Waals surface area contributed by atoms with Crippen LogP contribution in [-0.2, 0) is 19.4 Å². The molecule has 1 N–H and O–H groups in total. The lowest BCUT2D eigenvalue weighted by molar-refractivity contribution is 0.709. The van der Waals surface area contributed by atoms with Crippen LogP contribution in [0.5, 0.6) is 0 Å². The molecule has 2 aromatic rings. The van der Waals surface area contributed by atoms with E-state index in [1.54, 1.807) is 17.7 Å². The van der Waals surface area contributed by atoms with Crippen molar-refractivity contribution in [1.82, 2.24) is 9.97 Å². The molecular formula is C14H16ClN3S. The van der Waals surface area contributed by atoms with E-state index >= 15 is 0 Å². The summed E-state index contributed by atoms with van der Waals surface area (Å²) in [6.07, 6.45) is 7.61. The third-order valence-electron chi connectivity index (χ3n) is 3.43. The van der Waals surface area contributed by atoms with E-state index in [0.717, 1.165) is 29.5 Å². The van der Waals surface area contributed by atoms with Gasteiger partial charge in [0.05, 0.1) is 10.9 Å². The fraction of sp³-hybridized carbons (Fsp3) is 0.429. The lowest BCUT2D eigenvalue weighted by Crippen LogP contribution is -2.07. The maximum absolute atomic E-state index is 5.94. The molecule has 2 aromatic heterocycles. The topological polar surface area (TPSA) is 37.8 Å². The summed E-state index contributed by atoms with van der Waals surface area (Å²) in [7, 11) is 0. The van der Waals surface area contributed by atoms with Crippen molar-refractivity contribution in [3.63, 3.8) is 0 Å². The highest BCUT2D eigenvalue weighted by molar-refractivity contribution is 7.16. The largest absolute Gasteiger partial charge is 0.365 e. The Bertz CT molecular complexity index is 568. The normalized spacial score (nSPS) is 14.8. The smallest absolute Gasteiger partial charge is 0.133 e. The van der Waals surface area contributed by atoms with E-state index < -0.39 is 0 Å². The van der Waals surface area contributed by atoms with Crippen molar-refractivity contribution < 1.29 is 0 Å². The molecule has 0 radical (unpaired) electrons. The van der Waals surface area contributed by atoms with Crippen molar-refractivity contribution in [2.24, 2.45) is 0 Å². The third-order valence-corrected chi connectivity index (χ3v) is 4.67. The van der Waals surface area contributed by atoms with Gasteiger partial charge in [-0.2, -0.15) is 0 Å². The molecule has 1 aliphatic carbocycles. The summed E-state index contributed by atoms with van der Waals surface area (Å²) in [5, 5.41) is 3.43. The molecule has 0 saturated heterocycles. The van der Waals surface area contributed by atoms with Gasteiger partial charge >= 0.3 is 0 Å². The predicted molar refractivity (Wildman–Crippen MR) is 79.9 cm³/mol. The fourth-order valence-electron chi connectivity index (χ4n) is 2.47. The predicted octanol–water partition coefficient (Wildman–Crippen LogP) is 4.07. The lowest BCUT2D eigenvalue weighted by atomic mass is 10.1. The van der Waals surface area contributed by atoms with E-state index in [1.165, 1.54) is 35.4 Å². The fourth-order valence-corrected chi connectivity index (χ4v) is 3.50. The van der Waals surface area contributed by atoms with Crippen molar-refractivity contribution >= 4 is 28.8 Å². The van der Waals surface area contributed by atoms with Gasteiger partial charge in [-0.05, 0) is 37.8 Å².